The molecule has 0 bridgehead atoms. The van der Waals surface area contributed by atoms with Gasteiger partial charge in [-0.1, -0.05) is 54.6 Å². The van der Waals surface area contributed by atoms with Gasteiger partial charge < -0.3 is 11.1 Å². The topological polar surface area (TPSA) is 96.6 Å². The number of hydrazone groups is 1. The number of nitrogens with one attached hydrogen (secondary N) is 2. The molecule has 3 aromatic carbocycles. The summed E-state index contributed by atoms with van der Waals surface area (Å²) in [6.07, 6.45) is 4.43. The number of nitrogens with two attached hydrogens (primary N) is 1. The van der Waals surface area contributed by atoms with E-state index in [-0.39, 0.29) is 11.8 Å². The summed E-state index contributed by atoms with van der Waals surface area (Å²) in [5, 5.41) is 7.96. The Balaban J connectivity index is 1.57. The fourth-order valence-electron chi connectivity index (χ4n) is 3.53. The van der Waals surface area contributed by atoms with E-state index in [2.05, 4.69) is 25.1 Å². The molecule has 4 N–H and O–H groups in total. The Kier molecular flexibility index (Phi) is 6.43. The van der Waals surface area contributed by atoms with Crippen molar-refractivity contribution in [3.63, 3.8) is 0 Å². The summed E-state index contributed by atoms with van der Waals surface area (Å²) >= 11 is 0. The number of carbonyl (C=O) groups is 2. The Morgan fingerprint density at radius 1 is 1.09 bits per heavy atom. The minimum Gasteiger partial charge on any atom is -0.398 e. The standard InChI is InChI=1S/C25H23N4O2P/c26-22-14-19(28-23(30)11-8-16-6-9-20(32)10-7-16)13-21-24(22)18(15-27-29-25(21)31)12-17-4-2-1-3-5-17/h1-7,9-10,12-15H,8,11,26,32H2,(H,28,30)(H,29,31)/b18-12+. The zero-order valence-electron chi connectivity index (χ0n) is 17.3. The minimum absolute atomic E-state index is 0.148. The van der Waals surface area contributed by atoms with Crippen LogP contribution in [0.5, 0.6) is 0 Å². The van der Waals surface area contributed by atoms with E-state index in [1.165, 1.54) is 0 Å². The number of hydrogen-bond donors (Lipinski definition) is 3. The zero-order chi connectivity index (χ0) is 22.5. The summed E-state index contributed by atoms with van der Waals surface area (Å²) < 4.78 is 0. The quantitative estimate of drug-likeness (QED) is 0.416. The van der Waals surface area contributed by atoms with Crippen LogP contribution in [0.15, 0.2) is 71.8 Å². The third-order valence-corrected chi connectivity index (χ3v) is 5.48. The third kappa shape index (κ3) is 5.10. The Bertz CT molecular complexity index is 1220. The van der Waals surface area contributed by atoms with Gasteiger partial charge in [-0.25, -0.2) is 5.43 Å². The number of aryl methyl sites for hydroxylation is 1. The van der Waals surface area contributed by atoms with Crippen LogP contribution >= 0.6 is 9.24 Å². The van der Waals surface area contributed by atoms with E-state index in [0.29, 0.717) is 40.9 Å². The molecule has 1 aliphatic rings. The van der Waals surface area contributed by atoms with E-state index in [1.54, 1.807) is 18.3 Å². The lowest BCUT2D eigenvalue weighted by Gasteiger charge is -2.14. The average molecular weight is 442 g/mol. The highest BCUT2D eigenvalue weighted by molar-refractivity contribution is 7.27. The van der Waals surface area contributed by atoms with Crippen molar-refractivity contribution in [1.29, 1.82) is 0 Å². The van der Waals surface area contributed by atoms with Crippen LogP contribution in [0.3, 0.4) is 0 Å². The number of hydrogen-bond acceptors (Lipinski definition) is 4. The molecule has 160 valence electrons. The van der Waals surface area contributed by atoms with Crippen molar-refractivity contribution in [1.82, 2.24) is 5.43 Å². The SMILES string of the molecule is Nc1cc(NC(=O)CCc2ccc(P)cc2)cc2c1/C(=C/c1ccccc1)C=NNC2=O. The molecule has 1 aliphatic heterocycles. The van der Waals surface area contributed by atoms with Crippen LogP contribution in [-0.2, 0) is 11.2 Å². The maximum atomic E-state index is 12.6. The Morgan fingerprint density at radius 3 is 2.59 bits per heavy atom. The Labute approximate surface area is 188 Å². The number of allylic oxidation sites excluding steroid dienone is 1. The first kappa shape index (κ1) is 21.5. The van der Waals surface area contributed by atoms with Gasteiger partial charge in [0.05, 0.1) is 11.8 Å². The first-order chi connectivity index (χ1) is 15.5. The molecular weight excluding hydrogens is 419 g/mol. The summed E-state index contributed by atoms with van der Waals surface area (Å²) in [5.74, 6) is -0.530. The number of amides is 2. The predicted octanol–water partition coefficient (Wildman–Crippen LogP) is 3.61. The number of carbonyl (C=O) groups excluding carboxylic acids is 2. The normalized spacial score (nSPS) is 13.9. The predicted molar refractivity (Wildman–Crippen MR) is 134 cm³/mol. The fourth-order valence-corrected chi connectivity index (χ4v) is 3.72. The highest BCUT2D eigenvalue weighted by Crippen LogP contribution is 2.31. The molecular formula is C25H23N4O2P. The van der Waals surface area contributed by atoms with Gasteiger partial charge in [-0.15, -0.1) is 9.24 Å². The largest absolute Gasteiger partial charge is 0.398 e. The van der Waals surface area contributed by atoms with Gasteiger partial charge in [-0.2, -0.15) is 5.10 Å². The molecule has 0 radical (unpaired) electrons. The zero-order valence-corrected chi connectivity index (χ0v) is 18.5. The van der Waals surface area contributed by atoms with Gasteiger partial charge >= 0.3 is 0 Å². The van der Waals surface area contributed by atoms with E-state index < -0.39 is 0 Å². The molecule has 4 rings (SSSR count). The second-order valence-electron chi connectivity index (χ2n) is 7.49. The second-order valence-corrected chi connectivity index (χ2v) is 8.15. The first-order valence-corrected chi connectivity index (χ1v) is 10.8. The average Bonchev–Trinajstić information content (AvgIpc) is 2.93. The molecule has 0 fully saturated rings. The summed E-state index contributed by atoms with van der Waals surface area (Å²) in [6, 6.07) is 21.0. The highest BCUT2D eigenvalue weighted by atomic mass is 31.0. The van der Waals surface area contributed by atoms with Crippen molar-refractivity contribution < 1.29 is 9.59 Å². The van der Waals surface area contributed by atoms with Crippen LogP contribution in [0.2, 0.25) is 0 Å². The summed E-state index contributed by atoms with van der Waals surface area (Å²) in [6.45, 7) is 0. The van der Waals surface area contributed by atoms with Crippen LogP contribution < -0.4 is 21.8 Å². The van der Waals surface area contributed by atoms with Crippen LogP contribution in [0.25, 0.3) is 11.6 Å². The lowest BCUT2D eigenvalue weighted by Crippen LogP contribution is -2.19. The van der Waals surface area contributed by atoms with E-state index in [1.807, 2.05) is 60.7 Å². The minimum atomic E-state index is -0.381. The van der Waals surface area contributed by atoms with Gasteiger partial charge in [0.1, 0.15) is 0 Å². The van der Waals surface area contributed by atoms with Gasteiger partial charge in [-0.05, 0) is 41.1 Å². The number of anilines is 2. The molecule has 0 saturated heterocycles. The molecule has 0 aliphatic carbocycles. The van der Waals surface area contributed by atoms with Crippen molar-refractivity contribution in [3.8, 4) is 0 Å². The number of nitrogen functional groups attached to an aromatic ring is 1. The van der Waals surface area contributed by atoms with Crippen molar-refractivity contribution >= 4 is 55.6 Å². The van der Waals surface area contributed by atoms with Crippen LogP contribution in [0.1, 0.15) is 33.5 Å². The van der Waals surface area contributed by atoms with E-state index >= 15 is 0 Å². The van der Waals surface area contributed by atoms with Gasteiger partial charge in [0, 0.05) is 28.9 Å². The Morgan fingerprint density at radius 2 is 1.84 bits per heavy atom. The maximum absolute atomic E-state index is 12.6. The monoisotopic (exact) mass is 442 g/mol. The molecule has 1 atom stereocenters. The van der Waals surface area contributed by atoms with E-state index in [9.17, 15) is 9.59 Å². The molecule has 1 unspecified atom stereocenters. The van der Waals surface area contributed by atoms with E-state index in [0.717, 1.165) is 16.4 Å². The summed E-state index contributed by atoms with van der Waals surface area (Å²) in [4.78, 5) is 25.1. The number of nitrogens with zero attached hydrogens (tertiary/aromatic N) is 1. The number of benzene rings is 3. The van der Waals surface area contributed by atoms with Crippen molar-refractivity contribution in [2.24, 2.45) is 5.10 Å². The molecule has 32 heavy (non-hydrogen) atoms. The van der Waals surface area contributed by atoms with Crippen molar-refractivity contribution in [2.45, 2.75) is 12.8 Å². The second kappa shape index (κ2) is 9.58. The van der Waals surface area contributed by atoms with Crippen LogP contribution in [0, 0.1) is 0 Å². The molecule has 0 aromatic heterocycles. The number of fused-ring (bicyclic) bond motifs is 1. The van der Waals surface area contributed by atoms with Crippen molar-refractivity contribution in [2.75, 3.05) is 11.1 Å². The lowest BCUT2D eigenvalue weighted by atomic mass is 9.95. The number of rotatable bonds is 5. The molecule has 0 spiro atoms. The van der Waals surface area contributed by atoms with Crippen LogP contribution in [-0.4, -0.2) is 18.0 Å². The highest BCUT2D eigenvalue weighted by Gasteiger charge is 2.21. The lowest BCUT2D eigenvalue weighted by molar-refractivity contribution is -0.116. The van der Waals surface area contributed by atoms with Gasteiger partial charge in [0.25, 0.3) is 5.91 Å². The maximum Gasteiger partial charge on any atom is 0.272 e. The van der Waals surface area contributed by atoms with Crippen LogP contribution in [0.4, 0.5) is 11.4 Å². The van der Waals surface area contributed by atoms with Gasteiger partial charge in [0.15, 0.2) is 0 Å². The molecule has 3 aromatic rings. The first-order valence-electron chi connectivity index (χ1n) is 10.2. The summed E-state index contributed by atoms with van der Waals surface area (Å²) in [5.41, 5.74) is 13.4. The molecule has 7 heteroatoms. The third-order valence-electron chi connectivity index (χ3n) is 5.10. The molecule has 2 amide bonds. The molecule has 1 heterocycles. The fraction of sp³-hybridized carbons (Fsp3) is 0.0800. The molecule has 6 nitrogen and oxygen atoms in total. The molecule has 0 saturated carbocycles. The summed E-state index contributed by atoms with van der Waals surface area (Å²) in [7, 11) is 2.64. The van der Waals surface area contributed by atoms with Gasteiger partial charge in [0.2, 0.25) is 5.91 Å². The van der Waals surface area contributed by atoms with Crippen molar-refractivity contribution in [3.05, 3.63) is 89.0 Å². The van der Waals surface area contributed by atoms with E-state index in [4.69, 9.17) is 5.73 Å². The Hall–Kier alpha value is -3.76. The smallest absolute Gasteiger partial charge is 0.272 e. The van der Waals surface area contributed by atoms with Gasteiger partial charge in [-0.3, -0.25) is 9.59 Å².